The van der Waals surface area contributed by atoms with Crippen LogP contribution < -0.4 is 0 Å². The lowest BCUT2D eigenvalue weighted by molar-refractivity contribution is -0.154. The SMILES string of the molecule is CC/C=C\C/C=C\C/C=C\C/C=C\CCCCC(=O)OC(CO)COCCCCCCCCCCCCCCCCCCCC. The van der Waals surface area contributed by atoms with Crippen molar-refractivity contribution in [3.05, 3.63) is 48.6 Å². The van der Waals surface area contributed by atoms with Crippen LogP contribution in [0.3, 0.4) is 0 Å². The minimum Gasteiger partial charge on any atom is -0.457 e. The van der Waals surface area contributed by atoms with Gasteiger partial charge in [0.15, 0.2) is 0 Å². The molecule has 0 rings (SSSR count). The number of hydrogen-bond acceptors (Lipinski definition) is 4. The molecule has 0 bridgehead atoms. The van der Waals surface area contributed by atoms with Crippen LogP contribution >= 0.6 is 0 Å². The Morgan fingerprint density at radius 1 is 0.556 bits per heavy atom. The van der Waals surface area contributed by atoms with E-state index in [0.29, 0.717) is 13.0 Å². The average molecular weight is 631 g/mol. The molecule has 1 unspecified atom stereocenters. The highest BCUT2D eigenvalue weighted by molar-refractivity contribution is 5.69. The minimum absolute atomic E-state index is 0.188. The highest BCUT2D eigenvalue weighted by Gasteiger charge is 2.13. The fraction of sp³-hybridized carbons (Fsp3) is 0.780. The lowest BCUT2D eigenvalue weighted by Gasteiger charge is -2.15. The summed E-state index contributed by atoms with van der Waals surface area (Å²) in [7, 11) is 0. The molecule has 1 N–H and O–H groups in total. The largest absolute Gasteiger partial charge is 0.457 e. The molecule has 0 fully saturated rings. The lowest BCUT2D eigenvalue weighted by atomic mass is 10.0. The van der Waals surface area contributed by atoms with E-state index in [2.05, 4.69) is 62.5 Å². The molecule has 0 aromatic carbocycles. The molecule has 0 heterocycles. The maximum atomic E-state index is 12.1. The van der Waals surface area contributed by atoms with Gasteiger partial charge in [0.2, 0.25) is 0 Å². The first-order chi connectivity index (χ1) is 22.2. The summed E-state index contributed by atoms with van der Waals surface area (Å²) in [5.74, 6) is -0.240. The number of rotatable bonds is 35. The summed E-state index contributed by atoms with van der Waals surface area (Å²) in [5, 5.41) is 9.56. The standard InChI is InChI=1S/C41H74O4/c1-3-5-7-9-11-13-15-17-19-20-21-23-25-27-29-31-33-35-37-44-39-40(38-42)45-41(43)36-34-32-30-28-26-24-22-18-16-14-12-10-8-6-4-2/h6,8,12,14,18,22,26,28,40,42H,3-5,7,9-11,13,15-17,19-21,23-25,27,29-39H2,1-2H3/b8-6-,14-12-,22-18-,28-26-. The molecular formula is C41H74O4. The first-order valence-electron chi connectivity index (χ1n) is 19.2. The van der Waals surface area contributed by atoms with E-state index in [0.717, 1.165) is 51.4 Å². The summed E-state index contributed by atoms with van der Waals surface area (Å²) < 4.78 is 11.1. The van der Waals surface area contributed by atoms with Gasteiger partial charge in [-0.05, 0) is 51.4 Å². The Hall–Kier alpha value is -1.65. The molecule has 0 radical (unpaired) electrons. The van der Waals surface area contributed by atoms with Crippen molar-refractivity contribution >= 4 is 5.97 Å². The molecule has 0 aliphatic carbocycles. The van der Waals surface area contributed by atoms with Gasteiger partial charge in [0.1, 0.15) is 6.10 Å². The van der Waals surface area contributed by atoms with Crippen molar-refractivity contribution in [3.63, 3.8) is 0 Å². The molecule has 0 saturated heterocycles. The van der Waals surface area contributed by atoms with Crippen molar-refractivity contribution in [2.24, 2.45) is 0 Å². The Morgan fingerprint density at radius 2 is 1.00 bits per heavy atom. The summed E-state index contributed by atoms with van der Waals surface area (Å²) in [6, 6.07) is 0. The molecule has 0 aliphatic rings. The third-order valence-electron chi connectivity index (χ3n) is 8.17. The summed E-state index contributed by atoms with van der Waals surface area (Å²) >= 11 is 0. The summed E-state index contributed by atoms with van der Waals surface area (Å²) in [6.45, 7) is 5.20. The molecule has 0 saturated carbocycles. The van der Waals surface area contributed by atoms with Gasteiger partial charge in [0.05, 0.1) is 13.2 Å². The lowest BCUT2D eigenvalue weighted by Crippen LogP contribution is -2.27. The van der Waals surface area contributed by atoms with E-state index < -0.39 is 6.10 Å². The van der Waals surface area contributed by atoms with Gasteiger partial charge in [-0.15, -0.1) is 0 Å². The Balaban J connectivity index is 3.48. The molecule has 4 nitrogen and oxygen atoms in total. The van der Waals surface area contributed by atoms with Crippen LogP contribution in [-0.4, -0.2) is 37.0 Å². The first-order valence-corrected chi connectivity index (χ1v) is 19.2. The zero-order valence-electron chi connectivity index (χ0n) is 29.9. The smallest absolute Gasteiger partial charge is 0.306 e. The maximum Gasteiger partial charge on any atom is 0.306 e. The van der Waals surface area contributed by atoms with Crippen LogP contribution in [0.25, 0.3) is 0 Å². The van der Waals surface area contributed by atoms with E-state index in [9.17, 15) is 9.90 Å². The van der Waals surface area contributed by atoms with Crippen LogP contribution in [0.1, 0.15) is 181 Å². The monoisotopic (exact) mass is 631 g/mol. The minimum atomic E-state index is -0.553. The van der Waals surface area contributed by atoms with Crippen LogP contribution in [-0.2, 0) is 14.3 Å². The topological polar surface area (TPSA) is 55.8 Å². The van der Waals surface area contributed by atoms with E-state index in [1.54, 1.807) is 0 Å². The average Bonchev–Trinajstić information content (AvgIpc) is 3.05. The fourth-order valence-electron chi connectivity index (χ4n) is 5.32. The van der Waals surface area contributed by atoms with Crippen molar-refractivity contribution in [1.29, 1.82) is 0 Å². The highest BCUT2D eigenvalue weighted by Crippen LogP contribution is 2.14. The Bertz CT molecular complexity index is 708. The number of aliphatic hydroxyl groups is 1. The molecule has 0 aromatic rings. The summed E-state index contributed by atoms with van der Waals surface area (Å²) in [5.41, 5.74) is 0. The zero-order chi connectivity index (χ0) is 32.7. The normalized spacial score (nSPS) is 12.9. The van der Waals surface area contributed by atoms with Gasteiger partial charge in [0.25, 0.3) is 0 Å². The van der Waals surface area contributed by atoms with Gasteiger partial charge >= 0.3 is 5.97 Å². The third kappa shape index (κ3) is 36.7. The fourth-order valence-corrected chi connectivity index (χ4v) is 5.32. The van der Waals surface area contributed by atoms with Crippen molar-refractivity contribution in [3.8, 4) is 0 Å². The molecule has 0 amide bonds. The van der Waals surface area contributed by atoms with E-state index in [1.807, 2.05) is 0 Å². The molecule has 0 aromatic heterocycles. The van der Waals surface area contributed by atoms with E-state index >= 15 is 0 Å². The number of esters is 1. The third-order valence-corrected chi connectivity index (χ3v) is 8.17. The second kappa shape index (κ2) is 38.5. The van der Waals surface area contributed by atoms with E-state index in [4.69, 9.17) is 9.47 Å². The Kier molecular flexibility index (Phi) is 37.1. The quantitative estimate of drug-likeness (QED) is 0.0430. The van der Waals surface area contributed by atoms with Gasteiger partial charge in [-0.1, -0.05) is 172 Å². The van der Waals surface area contributed by atoms with E-state index in [-0.39, 0.29) is 19.2 Å². The number of ether oxygens (including phenoxy) is 2. The molecule has 45 heavy (non-hydrogen) atoms. The number of allylic oxidation sites excluding steroid dienone is 8. The van der Waals surface area contributed by atoms with E-state index in [1.165, 1.54) is 109 Å². The van der Waals surface area contributed by atoms with Crippen molar-refractivity contribution in [2.75, 3.05) is 19.8 Å². The van der Waals surface area contributed by atoms with Crippen molar-refractivity contribution < 1.29 is 19.4 Å². The van der Waals surface area contributed by atoms with Crippen LogP contribution in [0, 0.1) is 0 Å². The predicted molar refractivity (Wildman–Crippen MR) is 196 cm³/mol. The van der Waals surface area contributed by atoms with Gasteiger partial charge in [-0.25, -0.2) is 0 Å². The second-order valence-electron chi connectivity index (χ2n) is 12.6. The Morgan fingerprint density at radius 3 is 1.47 bits per heavy atom. The molecule has 1 atom stereocenters. The highest BCUT2D eigenvalue weighted by atomic mass is 16.6. The van der Waals surface area contributed by atoms with Gasteiger partial charge in [-0.3, -0.25) is 4.79 Å². The summed E-state index contributed by atoms with van der Waals surface area (Å²) in [6.07, 6.45) is 48.8. The zero-order valence-corrected chi connectivity index (χ0v) is 29.9. The van der Waals surface area contributed by atoms with Crippen LogP contribution in [0.15, 0.2) is 48.6 Å². The van der Waals surface area contributed by atoms with Gasteiger partial charge in [-0.2, -0.15) is 0 Å². The van der Waals surface area contributed by atoms with Crippen molar-refractivity contribution in [2.45, 2.75) is 187 Å². The summed E-state index contributed by atoms with van der Waals surface area (Å²) in [4.78, 5) is 12.1. The molecular weight excluding hydrogens is 556 g/mol. The molecule has 0 spiro atoms. The number of carbonyl (C=O) groups excluding carboxylic acids is 1. The number of aliphatic hydroxyl groups excluding tert-OH is 1. The number of hydrogen-bond donors (Lipinski definition) is 1. The molecule has 4 heteroatoms. The molecule has 262 valence electrons. The Labute approximate surface area is 280 Å². The van der Waals surface area contributed by atoms with Crippen LogP contribution in [0.4, 0.5) is 0 Å². The first kappa shape index (κ1) is 43.4. The van der Waals surface area contributed by atoms with Gasteiger partial charge < -0.3 is 14.6 Å². The van der Waals surface area contributed by atoms with Crippen molar-refractivity contribution in [1.82, 2.24) is 0 Å². The van der Waals surface area contributed by atoms with Crippen LogP contribution in [0.2, 0.25) is 0 Å². The maximum absolute atomic E-state index is 12.1. The molecule has 0 aliphatic heterocycles. The predicted octanol–water partition coefficient (Wildman–Crippen LogP) is 12.3. The number of carbonyl (C=O) groups is 1. The van der Waals surface area contributed by atoms with Gasteiger partial charge in [0, 0.05) is 13.0 Å². The second-order valence-corrected chi connectivity index (χ2v) is 12.6. The number of unbranched alkanes of at least 4 members (excludes halogenated alkanes) is 19. The van der Waals surface area contributed by atoms with Crippen LogP contribution in [0.5, 0.6) is 0 Å².